The number of aryl methyl sites for hydroxylation is 1. The average Bonchev–Trinajstić information content (AvgIpc) is 2.68. The molecule has 0 fully saturated rings. The van der Waals surface area contributed by atoms with Gasteiger partial charge in [-0.2, -0.15) is 0 Å². The van der Waals surface area contributed by atoms with Crippen molar-refractivity contribution in [1.82, 2.24) is 0 Å². The van der Waals surface area contributed by atoms with Gasteiger partial charge in [0.1, 0.15) is 0 Å². The van der Waals surface area contributed by atoms with E-state index in [0.29, 0.717) is 13.0 Å². The molecule has 1 aromatic rings. The topological polar surface area (TPSA) is 46.3 Å². The fraction of sp³-hybridized carbons (Fsp3) is 0.462. The molecule has 0 saturated carbocycles. The van der Waals surface area contributed by atoms with Crippen LogP contribution < -0.4 is 10.6 Å². The number of hydrogen-bond donors (Lipinski definition) is 1. The summed E-state index contributed by atoms with van der Waals surface area (Å²) in [5, 5.41) is 0. The Bertz CT molecular complexity index is 401. The molecule has 1 amide bonds. The molecule has 1 aliphatic heterocycles. The van der Waals surface area contributed by atoms with Crippen LogP contribution in [0.2, 0.25) is 0 Å². The zero-order chi connectivity index (χ0) is 11.5. The summed E-state index contributed by atoms with van der Waals surface area (Å²) in [5.74, 6) is 0.202. The molecule has 2 N–H and O–H groups in total. The van der Waals surface area contributed by atoms with Crippen LogP contribution in [-0.2, 0) is 11.2 Å². The minimum absolute atomic E-state index is 0.202. The van der Waals surface area contributed by atoms with E-state index in [1.54, 1.807) is 0 Å². The van der Waals surface area contributed by atoms with Crippen molar-refractivity contribution >= 4 is 11.6 Å². The van der Waals surface area contributed by atoms with Crippen molar-refractivity contribution < 1.29 is 4.79 Å². The Kier molecular flexibility index (Phi) is 3.25. The van der Waals surface area contributed by atoms with Gasteiger partial charge in [0.25, 0.3) is 0 Å². The van der Waals surface area contributed by atoms with Gasteiger partial charge in [-0.1, -0.05) is 17.7 Å². The molecule has 86 valence electrons. The lowest BCUT2D eigenvalue weighted by atomic mass is 10.1. The second-order valence-corrected chi connectivity index (χ2v) is 4.32. The minimum atomic E-state index is 0.202. The maximum absolute atomic E-state index is 11.9. The molecule has 3 heteroatoms. The molecule has 0 unspecified atom stereocenters. The number of nitrogens with zero attached hydrogens (tertiary/aromatic N) is 1. The highest BCUT2D eigenvalue weighted by Crippen LogP contribution is 2.29. The number of hydrogen-bond acceptors (Lipinski definition) is 2. The SMILES string of the molecule is Cc1ccc2c(c1)CCN2C(=O)CCCN. The molecule has 2 rings (SSSR count). The lowest BCUT2D eigenvalue weighted by Crippen LogP contribution is -2.29. The first-order chi connectivity index (χ1) is 7.72. The summed E-state index contributed by atoms with van der Waals surface area (Å²) in [7, 11) is 0. The van der Waals surface area contributed by atoms with E-state index in [2.05, 4.69) is 25.1 Å². The van der Waals surface area contributed by atoms with E-state index < -0.39 is 0 Å². The molecule has 0 aromatic heterocycles. The zero-order valence-electron chi connectivity index (χ0n) is 9.70. The van der Waals surface area contributed by atoms with Crippen LogP contribution in [0, 0.1) is 6.92 Å². The Balaban J connectivity index is 2.14. The molecule has 3 nitrogen and oxygen atoms in total. The summed E-state index contributed by atoms with van der Waals surface area (Å²) in [5.41, 5.74) is 9.06. The van der Waals surface area contributed by atoms with E-state index in [-0.39, 0.29) is 5.91 Å². The van der Waals surface area contributed by atoms with Crippen molar-refractivity contribution in [1.29, 1.82) is 0 Å². The number of amides is 1. The largest absolute Gasteiger partial charge is 0.330 e. The van der Waals surface area contributed by atoms with E-state index in [0.717, 1.165) is 25.1 Å². The van der Waals surface area contributed by atoms with Gasteiger partial charge in [0.2, 0.25) is 5.91 Å². The predicted octanol–water partition coefficient (Wildman–Crippen LogP) is 1.62. The molecule has 1 aliphatic rings. The van der Waals surface area contributed by atoms with Crippen LogP contribution in [0.5, 0.6) is 0 Å². The van der Waals surface area contributed by atoms with Crippen molar-refractivity contribution in [2.45, 2.75) is 26.2 Å². The monoisotopic (exact) mass is 218 g/mol. The Labute approximate surface area is 96.2 Å². The lowest BCUT2D eigenvalue weighted by molar-refractivity contribution is -0.118. The average molecular weight is 218 g/mol. The Morgan fingerprint density at radius 1 is 1.50 bits per heavy atom. The number of rotatable bonds is 3. The molecule has 16 heavy (non-hydrogen) atoms. The van der Waals surface area contributed by atoms with E-state index in [1.165, 1.54) is 11.1 Å². The molecule has 0 bridgehead atoms. The second-order valence-electron chi connectivity index (χ2n) is 4.32. The zero-order valence-corrected chi connectivity index (χ0v) is 9.70. The molecule has 0 atom stereocenters. The summed E-state index contributed by atoms with van der Waals surface area (Å²) in [6.45, 7) is 3.49. The van der Waals surface area contributed by atoms with Crippen molar-refractivity contribution in [3.63, 3.8) is 0 Å². The van der Waals surface area contributed by atoms with Gasteiger partial charge in [-0.25, -0.2) is 0 Å². The highest BCUT2D eigenvalue weighted by atomic mass is 16.2. The van der Waals surface area contributed by atoms with Crippen molar-refractivity contribution in [2.24, 2.45) is 5.73 Å². The van der Waals surface area contributed by atoms with Gasteiger partial charge in [0.05, 0.1) is 0 Å². The normalized spacial score (nSPS) is 14.0. The van der Waals surface area contributed by atoms with Crippen LogP contribution in [-0.4, -0.2) is 19.0 Å². The number of anilines is 1. The lowest BCUT2D eigenvalue weighted by Gasteiger charge is -2.17. The molecule has 1 heterocycles. The number of benzene rings is 1. The predicted molar refractivity (Wildman–Crippen MR) is 65.5 cm³/mol. The quantitative estimate of drug-likeness (QED) is 0.838. The molecule has 0 radical (unpaired) electrons. The summed E-state index contributed by atoms with van der Waals surface area (Å²) >= 11 is 0. The van der Waals surface area contributed by atoms with Crippen LogP contribution in [0.4, 0.5) is 5.69 Å². The summed E-state index contributed by atoms with van der Waals surface area (Å²) in [4.78, 5) is 13.8. The minimum Gasteiger partial charge on any atom is -0.330 e. The number of carbonyl (C=O) groups is 1. The third-order valence-electron chi connectivity index (χ3n) is 3.03. The number of carbonyl (C=O) groups excluding carboxylic acids is 1. The van der Waals surface area contributed by atoms with E-state index in [9.17, 15) is 4.79 Å². The van der Waals surface area contributed by atoms with Crippen LogP contribution in [0.15, 0.2) is 18.2 Å². The maximum Gasteiger partial charge on any atom is 0.227 e. The number of fused-ring (bicyclic) bond motifs is 1. The fourth-order valence-electron chi connectivity index (χ4n) is 2.18. The second kappa shape index (κ2) is 4.66. The van der Waals surface area contributed by atoms with Crippen molar-refractivity contribution in [2.75, 3.05) is 18.0 Å². The molecule has 0 saturated heterocycles. The molecule has 0 spiro atoms. The van der Waals surface area contributed by atoms with Gasteiger partial charge >= 0.3 is 0 Å². The molecule has 0 aliphatic carbocycles. The standard InChI is InChI=1S/C13H18N2O/c1-10-4-5-12-11(9-10)6-8-15(12)13(16)3-2-7-14/h4-5,9H,2-3,6-8,14H2,1H3. The van der Waals surface area contributed by atoms with E-state index >= 15 is 0 Å². The number of nitrogens with two attached hydrogens (primary N) is 1. The molecular formula is C13H18N2O. The first-order valence-corrected chi connectivity index (χ1v) is 5.82. The Morgan fingerprint density at radius 2 is 2.31 bits per heavy atom. The third kappa shape index (κ3) is 2.09. The van der Waals surface area contributed by atoms with Crippen LogP contribution in [0.25, 0.3) is 0 Å². The Morgan fingerprint density at radius 3 is 3.06 bits per heavy atom. The summed E-state index contributed by atoms with van der Waals surface area (Å²) < 4.78 is 0. The van der Waals surface area contributed by atoms with Crippen molar-refractivity contribution in [3.05, 3.63) is 29.3 Å². The van der Waals surface area contributed by atoms with Crippen LogP contribution in [0.3, 0.4) is 0 Å². The van der Waals surface area contributed by atoms with Gasteiger partial charge < -0.3 is 10.6 Å². The molecular weight excluding hydrogens is 200 g/mol. The van der Waals surface area contributed by atoms with Gasteiger partial charge in [-0.05, 0) is 37.9 Å². The summed E-state index contributed by atoms with van der Waals surface area (Å²) in [6.07, 6.45) is 2.31. The van der Waals surface area contributed by atoms with Crippen LogP contribution >= 0.6 is 0 Å². The first kappa shape index (κ1) is 11.1. The molecule has 1 aromatic carbocycles. The summed E-state index contributed by atoms with van der Waals surface area (Å²) in [6, 6.07) is 6.29. The first-order valence-electron chi connectivity index (χ1n) is 5.82. The highest BCUT2D eigenvalue weighted by Gasteiger charge is 2.23. The van der Waals surface area contributed by atoms with Gasteiger partial charge in [0.15, 0.2) is 0 Å². The van der Waals surface area contributed by atoms with Crippen molar-refractivity contribution in [3.8, 4) is 0 Å². The third-order valence-corrected chi connectivity index (χ3v) is 3.03. The smallest absolute Gasteiger partial charge is 0.227 e. The van der Waals surface area contributed by atoms with Gasteiger partial charge in [0, 0.05) is 18.7 Å². The maximum atomic E-state index is 11.9. The van der Waals surface area contributed by atoms with E-state index in [1.807, 2.05) is 4.90 Å². The van der Waals surface area contributed by atoms with Gasteiger partial charge in [-0.15, -0.1) is 0 Å². The van der Waals surface area contributed by atoms with Gasteiger partial charge in [-0.3, -0.25) is 4.79 Å². The Hall–Kier alpha value is -1.35. The highest BCUT2D eigenvalue weighted by molar-refractivity contribution is 5.95. The fourth-order valence-corrected chi connectivity index (χ4v) is 2.18. The van der Waals surface area contributed by atoms with E-state index in [4.69, 9.17) is 5.73 Å². The van der Waals surface area contributed by atoms with Crippen LogP contribution in [0.1, 0.15) is 24.0 Å².